The van der Waals surface area contributed by atoms with Crippen LogP contribution in [0.5, 0.6) is 5.75 Å². The summed E-state index contributed by atoms with van der Waals surface area (Å²) in [4.78, 5) is 24.6. The average molecular weight is 476 g/mol. The Bertz CT molecular complexity index is 1120. The molecule has 0 aliphatic heterocycles. The summed E-state index contributed by atoms with van der Waals surface area (Å²) in [5, 5.41) is 2.78. The predicted molar refractivity (Wildman–Crippen MR) is 124 cm³/mol. The molecule has 2 unspecified atom stereocenters. The minimum atomic E-state index is -3.64. The first-order valence-corrected chi connectivity index (χ1v) is 12.3. The van der Waals surface area contributed by atoms with Crippen LogP contribution in [0.1, 0.15) is 27.7 Å². The molecule has 11 nitrogen and oxygen atoms in total. The number of anilines is 1. The molecule has 3 aromatic rings. The van der Waals surface area contributed by atoms with E-state index in [9.17, 15) is 9.36 Å². The number of carbonyl (C=O) groups excluding carboxylic acids is 1. The lowest BCUT2D eigenvalue weighted by Crippen LogP contribution is -2.37. The monoisotopic (exact) mass is 476 g/mol. The molecular formula is C21H29N6O5P. The average Bonchev–Trinajstić information content (AvgIpc) is 3.16. The third-order valence-corrected chi connectivity index (χ3v) is 6.28. The molecule has 3 N–H and O–H groups in total. The standard InChI is InChI=1S/C21H29N6O5P/c1-14(2)31-21(28)16(4)26-33(29,32-17-8-6-5-7-9-17)13-30-15(3)10-27-12-25-18-19(22)23-11-24-20(18)27/h5-9,11-12,14-16H,10,13H2,1-4H3,(H,26,29)(H2,22,23,24)/t15-,16?,33?/m0/s1. The first-order valence-electron chi connectivity index (χ1n) is 10.5. The van der Waals surface area contributed by atoms with Crippen molar-refractivity contribution in [1.82, 2.24) is 24.6 Å². The fourth-order valence-corrected chi connectivity index (χ4v) is 4.80. The SMILES string of the molecule is CC(C)OC(=O)C(C)NP(=O)(CO[C@@H](C)Cn1cnc2c(N)ncnc21)Oc1ccccc1. The van der Waals surface area contributed by atoms with Crippen molar-refractivity contribution in [2.24, 2.45) is 0 Å². The number of imidazole rings is 1. The first kappa shape index (κ1) is 24.6. The van der Waals surface area contributed by atoms with Gasteiger partial charge in [0.05, 0.1) is 25.1 Å². The molecule has 33 heavy (non-hydrogen) atoms. The highest BCUT2D eigenvalue weighted by Gasteiger charge is 2.32. The van der Waals surface area contributed by atoms with Crippen molar-refractivity contribution in [3.8, 4) is 5.75 Å². The Morgan fingerprint density at radius 3 is 2.58 bits per heavy atom. The topological polar surface area (TPSA) is 143 Å². The highest BCUT2D eigenvalue weighted by molar-refractivity contribution is 7.57. The first-order chi connectivity index (χ1) is 15.7. The van der Waals surface area contributed by atoms with E-state index >= 15 is 0 Å². The van der Waals surface area contributed by atoms with Gasteiger partial charge in [-0.3, -0.25) is 9.36 Å². The lowest BCUT2D eigenvalue weighted by molar-refractivity contribution is -0.149. The zero-order chi connectivity index (χ0) is 24.0. The Morgan fingerprint density at radius 1 is 1.15 bits per heavy atom. The van der Waals surface area contributed by atoms with Gasteiger partial charge < -0.3 is 24.3 Å². The number of benzene rings is 1. The highest BCUT2D eigenvalue weighted by atomic mass is 31.2. The number of esters is 1. The number of fused-ring (bicyclic) bond motifs is 1. The van der Waals surface area contributed by atoms with Gasteiger partial charge >= 0.3 is 13.5 Å². The molecule has 0 saturated carbocycles. The van der Waals surface area contributed by atoms with E-state index in [0.717, 1.165) is 0 Å². The molecule has 12 heteroatoms. The quantitative estimate of drug-likeness (QED) is 0.313. The van der Waals surface area contributed by atoms with Crippen LogP contribution in [0.4, 0.5) is 5.82 Å². The molecule has 2 aromatic heterocycles. The van der Waals surface area contributed by atoms with E-state index in [2.05, 4.69) is 20.0 Å². The van der Waals surface area contributed by atoms with Crippen molar-refractivity contribution in [2.75, 3.05) is 12.1 Å². The van der Waals surface area contributed by atoms with Crippen molar-refractivity contribution in [3.63, 3.8) is 0 Å². The van der Waals surface area contributed by atoms with E-state index in [1.165, 1.54) is 6.33 Å². The van der Waals surface area contributed by atoms with Crippen LogP contribution in [-0.2, 0) is 25.4 Å². The van der Waals surface area contributed by atoms with Gasteiger partial charge in [-0.15, -0.1) is 0 Å². The number of nitrogens with zero attached hydrogens (tertiary/aromatic N) is 4. The van der Waals surface area contributed by atoms with E-state index in [1.54, 1.807) is 55.9 Å². The van der Waals surface area contributed by atoms with Gasteiger partial charge in [-0.05, 0) is 39.8 Å². The van der Waals surface area contributed by atoms with Crippen LogP contribution in [-0.4, -0.2) is 50.1 Å². The zero-order valence-corrected chi connectivity index (χ0v) is 19.9. The van der Waals surface area contributed by atoms with E-state index in [0.29, 0.717) is 29.3 Å². The van der Waals surface area contributed by atoms with Crippen LogP contribution in [0.15, 0.2) is 43.0 Å². The number of para-hydroxylation sites is 1. The number of hydrogen-bond donors (Lipinski definition) is 2. The van der Waals surface area contributed by atoms with Gasteiger partial charge in [0.1, 0.15) is 30.0 Å². The summed E-state index contributed by atoms with van der Waals surface area (Å²) >= 11 is 0. The maximum atomic E-state index is 13.6. The molecule has 178 valence electrons. The number of aromatic nitrogens is 4. The van der Waals surface area contributed by atoms with Crippen LogP contribution in [0.3, 0.4) is 0 Å². The maximum absolute atomic E-state index is 13.6. The number of rotatable bonds is 11. The second kappa shape index (κ2) is 10.7. The van der Waals surface area contributed by atoms with Gasteiger partial charge in [0.15, 0.2) is 11.5 Å². The lowest BCUT2D eigenvalue weighted by Gasteiger charge is -2.25. The van der Waals surface area contributed by atoms with Crippen LogP contribution in [0.2, 0.25) is 0 Å². The van der Waals surface area contributed by atoms with E-state index in [-0.39, 0.29) is 18.6 Å². The third kappa shape index (κ3) is 6.74. The van der Waals surface area contributed by atoms with Gasteiger partial charge in [-0.1, -0.05) is 18.2 Å². The molecule has 3 rings (SSSR count). The second-order valence-corrected chi connectivity index (χ2v) is 9.89. The minimum absolute atomic E-state index is 0.272. The summed E-state index contributed by atoms with van der Waals surface area (Å²) < 4.78 is 32.2. The Morgan fingerprint density at radius 2 is 1.88 bits per heavy atom. The molecule has 0 fully saturated rings. The Hall–Kier alpha value is -3.01. The van der Waals surface area contributed by atoms with Gasteiger partial charge in [0, 0.05) is 0 Å². The van der Waals surface area contributed by atoms with Gasteiger partial charge in [0.2, 0.25) is 0 Å². The Kier molecular flexibility index (Phi) is 8.01. The van der Waals surface area contributed by atoms with E-state index in [4.69, 9.17) is 19.7 Å². The van der Waals surface area contributed by atoms with Crippen LogP contribution in [0, 0.1) is 0 Å². The molecule has 3 atom stereocenters. The molecule has 0 amide bonds. The summed E-state index contributed by atoms with van der Waals surface area (Å²) in [7, 11) is -3.64. The molecule has 0 radical (unpaired) electrons. The van der Waals surface area contributed by atoms with Gasteiger partial charge in [-0.25, -0.2) is 20.0 Å². The number of nitrogens with two attached hydrogens (primary N) is 1. The minimum Gasteiger partial charge on any atom is -0.462 e. The second-order valence-electron chi connectivity index (χ2n) is 7.85. The molecule has 0 aliphatic rings. The van der Waals surface area contributed by atoms with E-state index < -0.39 is 19.5 Å². The molecule has 0 spiro atoms. The Balaban J connectivity index is 1.70. The molecule has 2 heterocycles. The molecule has 0 bridgehead atoms. The fraction of sp³-hybridized carbons (Fsp3) is 0.429. The fourth-order valence-electron chi connectivity index (χ4n) is 3.01. The molecule has 1 aromatic carbocycles. The van der Waals surface area contributed by atoms with Crippen molar-refractivity contribution < 1.29 is 23.4 Å². The van der Waals surface area contributed by atoms with Crippen LogP contribution < -0.4 is 15.3 Å². The summed E-state index contributed by atoms with van der Waals surface area (Å²) in [5.41, 5.74) is 6.91. The van der Waals surface area contributed by atoms with Crippen molar-refractivity contribution in [1.29, 1.82) is 0 Å². The van der Waals surface area contributed by atoms with E-state index in [1.807, 2.05) is 13.0 Å². The normalized spacial score (nSPS) is 15.2. The smallest absolute Gasteiger partial charge is 0.342 e. The number of ether oxygens (including phenoxy) is 2. The largest absolute Gasteiger partial charge is 0.462 e. The number of nitrogens with one attached hydrogen (secondary N) is 1. The summed E-state index contributed by atoms with van der Waals surface area (Å²) in [6.45, 7) is 7.25. The Labute approximate surface area is 192 Å². The summed E-state index contributed by atoms with van der Waals surface area (Å²) in [6.07, 6.45) is 2.01. The summed E-state index contributed by atoms with van der Waals surface area (Å²) in [5.74, 6) is 0.151. The summed E-state index contributed by atoms with van der Waals surface area (Å²) in [6, 6.07) is 7.83. The lowest BCUT2D eigenvalue weighted by atomic mass is 10.3. The molecule has 0 saturated heterocycles. The van der Waals surface area contributed by atoms with Gasteiger partial charge in [-0.2, -0.15) is 0 Å². The maximum Gasteiger partial charge on any atom is 0.342 e. The molecular weight excluding hydrogens is 447 g/mol. The van der Waals surface area contributed by atoms with Crippen molar-refractivity contribution in [2.45, 2.75) is 52.5 Å². The van der Waals surface area contributed by atoms with Crippen LogP contribution in [0.25, 0.3) is 11.2 Å². The molecule has 0 aliphatic carbocycles. The number of carbonyl (C=O) groups is 1. The zero-order valence-electron chi connectivity index (χ0n) is 19.0. The van der Waals surface area contributed by atoms with Gasteiger partial charge in [0.25, 0.3) is 0 Å². The van der Waals surface area contributed by atoms with Crippen LogP contribution >= 0.6 is 7.52 Å². The number of nitrogen functional groups attached to an aromatic ring is 1. The predicted octanol–water partition coefficient (Wildman–Crippen LogP) is 2.97. The highest BCUT2D eigenvalue weighted by Crippen LogP contribution is 2.44. The third-order valence-electron chi connectivity index (χ3n) is 4.50. The van der Waals surface area contributed by atoms with Crippen molar-refractivity contribution in [3.05, 3.63) is 43.0 Å². The number of hydrogen-bond acceptors (Lipinski definition) is 9. The van der Waals surface area contributed by atoms with Crippen molar-refractivity contribution >= 4 is 30.5 Å².